The van der Waals surface area contributed by atoms with Crippen molar-refractivity contribution in [2.24, 2.45) is 11.3 Å². The van der Waals surface area contributed by atoms with Gasteiger partial charge >= 0.3 is 6.18 Å². The molecule has 2 heterocycles. The Labute approximate surface area is 381 Å². The zero-order valence-corrected chi connectivity index (χ0v) is 36.8. The van der Waals surface area contributed by atoms with Crippen LogP contribution in [0.3, 0.4) is 0 Å². The Morgan fingerprint density at radius 2 is 1.69 bits per heavy atom. The van der Waals surface area contributed by atoms with Crippen LogP contribution in [0.1, 0.15) is 53.0 Å². The first-order valence-corrected chi connectivity index (χ1v) is 22.2. The number of carbonyl (C=O) groups is 4. The van der Waals surface area contributed by atoms with Crippen molar-refractivity contribution in [2.45, 2.75) is 49.7 Å². The lowest BCUT2D eigenvalue weighted by Gasteiger charge is -2.58. The van der Waals surface area contributed by atoms with Gasteiger partial charge in [0, 0.05) is 51.1 Å². The lowest BCUT2D eigenvalue weighted by molar-refractivity contribution is -0.197. The Hall–Kier alpha value is -6.28. The molecule has 2 aliphatic carbocycles. The highest BCUT2D eigenvalue weighted by molar-refractivity contribution is 9.10. The summed E-state index contributed by atoms with van der Waals surface area (Å²) in [5.74, 6) is -2.26. The second-order valence-electron chi connectivity index (χ2n) is 15.8. The molecule has 19 heteroatoms. The molecule has 8 atom stereocenters. The Morgan fingerprint density at radius 1 is 0.985 bits per heavy atom. The van der Waals surface area contributed by atoms with Gasteiger partial charge in [-0.05, 0) is 90.3 Å². The number of methoxy groups -OCH3 is 1. The van der Waals surface area contributed by atoms with Crippen LogP contribution in [0.25, 0.3) is 0 Å². The van der Waals surface area contributed by atoms with E-state index in [9.17, 15) is 31.5 Å². The molecular weight excluding hydrogens is 935 g/mol. The number of nitrogens with one attached hydrogen (secondary N) is 2. The molecule has 9 rings (SSSR count). The predicted octanol–water partition coefficient (Wildman–Crippen LogP) is 6.94. The number of nitrogens with zero attached hydrogens (tertiary/aromatic N) is 3. The summed E-state index contributed by atoms with van der Waals surface area (Å²) >= 11 is 0.876. The lowest BCUT2D eigenvalue weighted by Crippen LogP contribution is -2.78. The number of hydrogen-bond donors (Lipinski definition) is 2. The molecule has 336 valence electrons. The number of piperidine rings is 1. The van der Waals surface area contributed by atoms with Crippen LogP contribution in [-0.2, 0) is 47.9 Å². The number of para-hydroxylation sites is 1. The molecule has 14 nitrogen and oxygen atoms in total. The molecule has 1 spiro atoms. The maximum absolute atomic E-state index is 15.4. The molecule has 3 unspecified atom stereocenters. The monoisotopic (exact) mass is 972 g/mol. The third-order valence-electron chi connectivity index (χ3n) is 12.5. The number of anilines is 2. The Morgan fingerprint density at radius 3 is 2.32 bits per heavy atom. The third kappa shape index (κ3) is 7.02. The first-order chi connectivity index (χ1) is 31.2. The Balaban J connectivity index is 1.18. The molecule has 0 radical (unpaired) electrons. The largest absolute Gasteiger partial charge is 0.755 e. The molecule has 2 saturated carbocycles. The second kappa shape index (κ2) is 16.6. The van der Waals surface area contributed by atoms with E-state index < -0.39 is 82.1 Å². The first kappa shape index (κ1) is 43.9. The van der Waals surface area contributed by atoms with Gasteiger partial charge in [0.1, 0.15) is 22.6 Å². The van der Waals surface area contributed by atoms with Crippen LogP contribution >= 0.6 is 15.9 Å². The highest BCUT2D eigenvalue weighted by atomic mass is 79.9. The zero-order valence-electron chi connectivity index (χ0n) is 34.4. The smallest absolute Gasteiger partial charge is 0.416 e. The maximum Gasteiger partial charge on any atom is 0.416 e. The van der Waals surface area contributed by atoms with Gasteiger partial charge in [0.2, 0.25) is 12.3 Å². The number of fused-ring (bicyclic) bond motifs is 1. The SMILES string of the molecule is CCOc1cccc([C@@H]2O[C@H](c3ccccc3OC)N([C@]34[C@@H]5C(c6ccc(Br)cc6)[C@]53C(=O)N4C(C(=O)NCc3ccc(NS(=O)[O-])cc3)N(C=O)c3ccc(C(F)(F)F)cc3)C2=O)c1. The van der Waals surface area contributed by atoms with E-state index in [-0.39, 0.29) is 24.3 Å². The minimum Gasteiger partial charge on any atom is -0.755 e. The van der Waals surface area contributed by atoms with Gasteiger partial charge in [0.15, 0.2) is 18.5 Å². The zero-order chi connectivity index (χ0) is 46.0. The number of likely N-dealkylation sites (tertiary alicyclic amines) is 1. The molecule has 2 N–H and O–H groups in total. The normalized spacial score (nSPS) is 24.8. The Bertz CT molecular complexity index is 2710. The number of β-lactam (4-membered cyclic amide) rings is 1. The second-order valence-corrected chi connectivity index (χ2v) is 17.4. The molecule has 65 heavy (non-hydrogen) atoms. The van der Waals surface area contributed by atoms with Gasteiger partial charge < -0.3 is 28.8 Å². The number of ether oxygens (including phenoxy) is 3. The number of amides is 4. The molecular formula is C46H38BrF3N5O9S-. The number of hydrogen-bond acceptors (Lipinski definition) is 9. The number of alkyl halides is 3. The van der Waals surface area contributed by atoms with Crippen LogP contribution in [0.5, 0.6) is 11.5 Å². The van der Waals surface area contributed by atoms with Gasteiger partial charge in [-0.15, -0.1) is 0 Å². The highest BCUT2D eigenvalue weighted by Gasteiger charge is 3.11. The summed E-state index contributed by atoms with van der Waals surface area (Å²) in [4.78, 5) is 62.5. The molecule has 4 amide bonds. The van der Waals surface area contributed by atoms with Crippen LogP contribution in [0.4, 0.5) is 24.5 Å². The molecule has 2 aliphatic heterocycles. The van der Waals surface area contributed by atoms with Gasteiger partial charge in [-0.3, -0.25) is 38.1 Å². The van der Waals surface area contributed by atoms with Crippen molar-refractivity contribution in [3.63, 3.8) is 0 Å². The van der Waals surface area contributed by atoms with Crippen molar-refractivity contribution in [2.75, 3.05) is 23.3 Å². The van der Waals surface area contributed by atoms with Gasteiger partial charge in [0.05, 0.1) is 19.3 Å². The maximum atomic E-state index is 15.4. The number of carbonyl (C=O) groups excluding carboxylic acids is 4. The van der Waals surface area contributed by atoms with Crippen LogP contribution < -0.4 is 24.4 Å². The number of rotatable bonds is 16. The fourth-order valence-corrected chi connectivity index (χ4v) is 10.4. The van der Waals surface area contributed by atoms with Crippen molar-refractivity contribution >= 4 is 62.7 Å². The highest BCUT2D eigenvalue weighted by Crippen LogP contribution is 2.99. The summed E-state index contributed by atoms with van der Waals surface area (Å²) in [6.07, 6.45) is -8.80. The average molecular weight is 974 g/mol. The first-order valence-electron chi connectivity index (χ1n) is 20.3. The molecule has 0 bridgehead atoms. The molecule has 2 saturated heterocycles. The summed E-state index contributed by atoms with van der Waals surface area (Å²) in [6, 6.07) is 30.7. The molecule has 5 aromatic carbocycles. The predicted molar refractivity (Wildman–Crippen MR) is 231 cm³/mol. The van der Waals surface area contributed by atoms with E-state index in [0.717, 1.165) is 39.2 Å². The topological polar surface area (TPSA) is 170 Å². The van der Waals surface area contributed by atoms with Crippen molar-refractivity contribution < 1.29 is 55.3 Å². The molecule has 4 fully saturated rings. The van der Waals surface area contributed by atoms with E-state index in [0.29, 0.717) is 34.8 Å². The van der Waals surface area contributed by atoms with E-state index in [1.165, 1.54) is 29.0 Å². The molecule has 5 aromatic rings. The Kier molecular flexibility index (Phi) is 11.2. The van der Waals surface area contributed by atoms with Gasteiger partial charge in [0.25, 0.3) is 11.8 Å². The minimum absolute atomic E-state index is 0.146. The summed E-state index contributed by atoms with van der Waals surface area (Å²) < 4.78 is 85.0. The van der Waals surface area contributed by atoms with E-state index in [2.05, 4.69) is 26.0 Å². The van der Waals surface area contributed by atoms with Crippen molar-refractivity contribution in [1.29, 1.82) is 0 Å². The van der Waals surface area contributed by atoms with Crippen LogP contribution in [0, 0.1) is 11.3 Å². The third-order valence-corrected chi connectivity index (χ3v) is 13.4. The van der Waals surface area contributed by atoms with Crippen molar-refractivity contribution in [3.8, 4) is 11.5 Å². The quantitative estimate of drug-likeness (QED) is 0.0605. The average Bonchev–Trinajstić information content (AvgIpc) is 4.10. The van der Waals surface area contributed by atoms with Gasteiger partial charge in [-0.1, -0.05) is 70.5 Å². The van der Waals surface area contributed by atoms with E-state index >= 15 is 9.59 Å². The summed E-state index contributed by atoms with van der Waals surface area (Å²) in [5, 5.41) is 2.77. The lowest BCUT2D eigenvalue weighted by atomic mass is 9.79. The van der Waals surface area contributed by atoms with Gasteiger partial charge in [-0.2, -0.15) is 13.2 Å². The fraction of sp³-hybridized carbons (Fsp3) is 0.261. The van der Waals surface area contributed by atoms with Crippen molar-refractivity contribution in [3.05, 3.63) is 154 Å². The van der Waals surface area contributed by atoms with Crippen LogP contribution in [-0.4, -0.2) is 68.2 Å². The minimum atomic E-state index is -4.72. The standard InChI is InChI=1S/C46H39BrF3N5O9S/c1-3-63-33-8-6-7-28(23-33)37-41(58)55(42(64-37)34-9-4-5-10-35(34)62-2)45-38-36(27-13-17-30(47)18-14-27)44(38,45)43(59)54(45)40(53(25-56)32-21-15-29(16-22-32)46(48,49)50)39(57)51-24-26-11-19-31(20-12-26)52-65(60)61/h4-23,25,36-38,40,42,52H,3,24H2,1-2H3,(H,51,57)(H,60,61)/p-1/t36?,37-,38+,40?,42+,44+,45+/m0/s1. The number of halogens is 4. The molecule has 4 aliphatic rings. The van der Waals surface area contributed by atoms with E-state index in [4.69, 9.17) is 14.2 Å². The number of benzene rings is 5. The van der Waals surface area contributed by atoms with Crippen LogP contribution in [0.2, 0.25) is 0 Å². The summed E-state index contributed by atoms with van der Waals surface area (Å²) in [6.45, 7) is 1.98. The molecule has 0 aromatic heterocycles. The van der Waals surface area contributed by atoms with Crippen LogP contribution in [0.15, 0.2) is 126 Å². The van der Waals surface area contributed by atoms with Crippen molar-refractivity contribution in [1.82, 2.24) is 15.1 Å². The van der Waals surface area contributed by atoms with E-state index in [1.54, 1.807) is 60.7 Å². The van der Waals surface area contributed by atoms with Gasteiger partial charge in [-0.25, -0.2) is 0 Å². The van der Waals surface area contributed by atoms with E-state index in [1.807, 2.05) is 31.2 Å². The summed E-state index contributed by atoms with van der Waals surface area (Å²) in [5.41, 5.74) is -1.66. The fourth-order valence-electron chi connectivity index (χ4n) is 9.80. The summed E-state index contributed by atoms with van der Waals surface area (Å²) in [7, 11) is 1.46.